The largest absolute Gasteiger partial charge is 0.337 e. The van der Waals surface area contributed by atoms with Crippen molar-refractivity contribution >= 4 is 0 Å². The van der Waals surface area contributed by atoms with Crippen LogP contribution >= 0.6 is 0 Å². The van der Waals surface area contributed by atoms with E-state index in [-0.39, 0.29) is 0 Å². The molecule has 0 aromatic heterocycles. The number of ether oxygens (including phenoxy) is 2. The molecular weight excluding hydrogens is 178 g/mol. The Morgan fingerprint density at radius 2 is 1.57 bits per heavy atom. The molecule has 1 aliphatic rings. The van der Waals surface area contributed by atoms with Crippen LogP contribution in [0.25, 0.3) is 0 Å². The molecular formula is C11H23NO2. The van der Waals surface area contributed by atoms with E-state index < -0.39 is 5.91 Å². The van der Waals surface area contributed by atoms with Gasteiger partial charge in [-0.1, -0.05) is 26.7 Å². The smallest absolute Gasteiger partial charge is 0.228 e. The molecule has 0 atom stereocenters. The van der Waals surface area contributed by atoms with Crippen LogP contribution in [0.1, 0.15) is 46.0 Å². The Hall–Kier alpha value is -0.120. The molecule has 1 fully saturated rings. The summed E-state index contributed by atoms with van der Waals surface area (Å²) in [7, 11) is 0. The molecule has 84 valence electrons. The molecule has 1 N–H and O–H groups in total. The molecule has 3 nitrogen and oxygen atoms in total. The van der Waals surface area contributed by atoms with E-state index in [2.05, 4.69) is 19.2 Å². The van der Waals surface area contributed by atoms with Crippen molar-refractivity contribution in [3.63, 3.8) is 0 Å². The van der Waals surface area contributed by atoms with E-state index in [0.717, 1.165) is 39.0 Å². The zero-order valence-electron chi connectivity index (χ0n) is 9.47. The van der Waals surface area contributed by atoms with Crippen molar-refractivity contribution < 1.29 is 9.47 Å². The summed E-state index contributed by atoms with van der Waals surface area (Å²) >= 11 is 0. The molecule has 0 radical (unpaired) electrons. The van der Waals surface area contributed by atoms with E-state index in [1.54, 1.807) is 0 Å². The van der Waals surface area contributed by atoms with Crippen LogP contribution in [-0.2, 0) is 9.47 Å². The third kappa shape index (κ3) is 3.56. The Bertz CT molecular complexity index is 134. The van der Waals surface area contributed by atoms with E-state index in [9.17, 15) is 0 Å². The molecule has 0 amide bonds. The number of hydrogen-bond donors (Lipinski definition) is 1. The van der Waals surface area contributed by atoms with Crippen LogP contribution in [0.15, 0.2) is 0 Å². The van der Waals surface area contributed by atoms with Crippen LogP contribution in [0.2, 0.25) is 0 Å². The normalized spacial score (nSPS) is 19.3. The van der Waals surface area contributed by atoms with Crippen molar-refractivity contribution in [2.45, 2.75) is 51.9 Å². The van der Waals surface area contributed by atoms with Crippen LogP contribution in [0.3, 0.4) is 0 Å². The quantitative estimate of drug-likeness (QED) is 0.482. The molecule has 0 saturated carbocycles. The minimum atomic E-state index is -0.426. The van der Waals surface area contributed by atoms with Crippen molar-refractivity contribution in [2.24, 2.45) is 0 Å². The van der Waals surface area contributed by atoms with Gasteiger partial charge in [0.15, 0.2) is 0 Å². The van der Waals surface area contributed by atoms with Crippen molar-refractivity contribution in [3.05, 3.63) is 0 Å². The third-order valence-electron chi connectivity index (χ3n) is 2.51. The molecule has 1 heterocycles. The van der Waals surface area contributed by atoms with Crippen molar-refractivity contribution in [1.29, 1.82) is 0 Å². The highest BCUT2D eigenvalue weighted by atomic mass is 16.7. The minimum Gasteiger partial charge on any atom is -0.337 e. The lowest BCUT2D eigenvalue weighted by molar-refractivity contribution is -0.291. The number of unbranched alkanes of at least 4 members (excludes halogenated alkanes) is 2. The summed E-state index contributed by atoms with van der Waals surface area (Å²) < 4.78 is 11.4. The highest BCUT2D eigenvalue weighted by Gasteiger charge is 2.38. The van der Waals surface area contributed by atoms with Gasteiger partial charge in [0.1, 0.15) is 0 Å². The van der Waals surface area contributed by atoms with Crippen molar-refractivity contribution in [2.75, 3.05) is 19.8 Å². The predicted octanol–water partition coefficient (Wildman–Crippen LogP) is 2.27. The summed E-state index contributed by atoms with van der Waals surface area (Å²) in [5, 5.41) is 3.23. The van der Waals surface area contributed by atoms with Crippen LogP contribution in [0.4, 0.5) is 0 Å². The van der Waals surface area contributed by atoms with Crippen LogP contribution in [0, 0.1) is 0 Å². The second-order valence-electron chi connectivity index (χ2n) is 3.83. The summed E-state index contributed by atoms with van der Waals surface area (Å²) in [6.45, 7) is 6.95. The number of hydrogen-bond acceptors (Lipinski definition) is 3. The maximum absolute atomic E-state index is 5.72. The fourth-order valence-electron chi connectivity index (χ4n) is 1.38. The first-order valence-corrected chi connectivity index (χ1v) is 5.86. The summed E-state index contributed by atoms with van der Waals surface area (Å²) in [4.78, 5) is 0. The predicted molar refractivity (Wildman–Crippen MR) is 57.1 cm³/mol. The molecule has 0 aromatic carbocycles. The Balaban J connectivity index is 2.13. The molecule has 14 heavy (non-hydrogen) atoms. The third-order valence-corrected chi connectivity index (χ3v) is 2.51. The standard InChI is InChI=1S/C11H23NO2/c1-3-5-9-13-11(7-8-12-11)14-10-6-4-2/h12H,3-10H2,1-2H3. The highest BCUT2D eigenvalue weighted by Crippen LogP contribution is 2.22. The molecule has 1 aliphatic heterocycles. The zero-order chi connectivity index (χ0) is 10.3. The Labute approximate surface area is 87.2 Å². The van der Waals surface area contributed by atoms with Gasteiger partial charge in [0, 0.05) is 13.0 Å². The van der Waals surface area contributed by atoms with Gasteiger partial charge in [-0.05, 0) is 12.8 Å². The molecule has 0 aromatic rings. The zero-order valence-corrected chi connectivity index (χ0v) is 9.47. The Morgan fingerprint density at radius 3 is 1.86 bits per heavy atom. The molecule has 1 rings (SSSR count). The van der Waals surface area contributed by atoms with E-state index >= 15 is 0 Å². The summed E-state index contributed by atoms with van der Waals surface area (Å²) in [5.74, 6) is -0.426. The molecule has 3 heteroatoms. The summed E-state index contributed by atoms with van der Waals surface area (Å²) in [6.07, 6.45) is 5.55. The van der Waals surface area contributed by atoms with Gasteiger partial charge in [0.25, 0.3) is 0 Å². The van der Waals surface area contributed by atoms with Gasteiger partial charge in [0.2, 0.25) is 5.91 Å². The first kappa shape index (κ1) is 12.0. The fourth-order valence-corrected chi connectivity index (χ4v) is 1.38. The second-order valence-corrected chi connectivity index (χ2v) is 3.83. The Kier molecular flexibility index (Phi) is 5.45. The highest BCUT2D eigenvalue weighted by molar-refractivity contribution is 4.79. The maximum Gasteiger partial charge on any atom is 0.228 e. The number of nitrogens with one attached hydrogen (secondary N) is 1. The first-order chi connectivity index (χ1) is 6.83. The van der Waals surface area contributed by atoms with Gasteiger partial charge in [-0.15, -0.1) is 0 Å². The molecule has 1 saturated heterocycles. The van der Waals surface area contributed by atoms with Crippen LogP contribution in [-0.4, -0.2) is 25.7 Å². The second kappa shape index (κ2) is 6.38. The molecule has 0 aliphatic carbocycles. The van der Waals surface area contributed by atoms with Crippen LogP contribution in [0.5, 0.6) is 0 Å². The van der Waals surface area contributed by atoms with Gasteiger partial charge in [-0.2, -0.15) is 0 Å². The van der Waals surface area contributed by atoms with Gasteiger partial charge in [-0.3, -0.25) is 5.32 Å². The SMILES string of the molecule is CCCCOC1(OCCCC)CCN1. The number of rotatable bonds is 8. The average Bonchev–Trinajstić information content (AvgIpc) is 2.13. The minimum absolute atomic E-state index is 0.426. The van der Waals surface area contributed by atoms with E-state index in [0.29, 0.717) is 0 Å². The fraction of sp³-hybridized carbons (Fsp3) is 1.00. The molecule has 0 spiro atoms. The van der Waals surface area contributed by atoms with Crippen LogP contribution < -0.4 is 5.32 Å². The van der Waals surface area contributed by atoms with E-state index in [1.807, 2.05) is 0 Å². The topological polar surface area (TPSA) is 30.5 Å². The van der Waals surface area contributed by atoms with E-state index in [4.69, 9.17) is 9.47 Å². The molecule has 0 bridgehead atoms. The molecule has 0 unspecified atom stereocenters. The van der Waals surface area contributed by atoms with Crippen molar-refractivity contribution in [3.8, 4) is 0 Å². The maximum atomic E-state index is 5.72. The lowest BCUT2D eigenvalue weighted by Crippen LogP contribution is -2.60. The van der Waals surface area contributed by atoms with Gasteiger partial charge >= 0.3 is 0 Å². The van der Waals surface area contributed by atoms with E-state index in [1.165, 1.54) is 12.8 Å². The van der Waals surface area contributed by atoms with Gasteiger partial charge < -0.3 is 9.47 Å². The monoisotopic (exact) mass is 201 g/mol. The van der Waals surface area contributed by atoms with Gasteiger partial charge in [-0.25, -0.2) is 0 Å². The summed E-state index contributed by atoms with van der Waals surface area (Å²) in [6, 6.07) is 0. The lowest BCUT2D eigenvalue weighted by atomic mass is 10.2. The lowest BCUT2D eigenvalue weighted by Gasteiger charge is -2.42. The average molecular weight is 201 g/mol. The van der Waals surface area contributed by atoms with Crippen molar-refractivity contribution in [1.82, 2.24) is 5.32 Å². The van der Waals surface area contributed by atoms with Gasteiger partial charge in [0.05, 0.1) is 13.2 Å². The summed E-state index contributed by atoms with van der Waals surface area (Å²) in [5.41, 5.74) is 0. The first-order valence-electron chi connectivity index (χ1n) is 5.86. The Morgan fingerprint density at radius 1 is 1.07 bits per heavy atom.